The zero-order valence-corrected chi connectivity index (χ0v) is 14.6. The Kier molecular flexibility index (Phi) is 5.44. The number of imidazole rings is 1. The molecule has 0 bridgehead atoms. The van der Waals surface area contributed by atoms with Crippen molar-refractivity contribution in [2.24, 2.45) is 0 Å². The molecule has 0 aliphatic carbocycles. The summed E-state index contributed by atoms with van der Waals surface area (Å²) in [6.45, 7) is 3.30. The number of rotatable bonds is 8. The molecule has 0 radical (unpaired) electrons. The Hall–Kier alpha value is -1.97. The highest BCUT2D eigenvalue weighted by atomic mass is 35.5. The third-order valence-corrected chi connectivity index (χ3v) is 4.13. The SMILES string of the molecule is CCCOc1nc2c(NCc3nccs3)nc(Cl)nc2n1CCO. The second kappa shape index (κ2) is 7.73. The van der Waals surface area contributed by atoms with E-state index < -0.39 is 0 Å². The first-order valence-corrected chi connectivity index (χ1v) is 8.78. The molecule has 0 saturated heterocycles. The van der Waals surface area contributed by atoms with Gasteiger partial charge in [0.05, 0.1) is 26.3 Å². The maximum absolute atomic E-state index is 9.31. The standard InChI is InChI=1S/C14H17ClN6O2S/c1-2-6-23-14-18-10-11(17-8-9-16-3-7-24-9)19-13(15)20-12(10)21(14)4-5-22/h3,7,22H,2,4-6,8H2,1H3,(H,17,19,20). The lowest BCUT2D eigenvalue weighted by atomic mass is 10.4. The van der Waals surface area contributed by atoms with Crippen molar-refractivity contribution in [2.45, 2.75) is 26.4 Å². The van der Waals surface area contributed by atoms with Crippen LogP contribution in [-0.2, 0) is 13.1 Å². The van der Waals surface area contributed by atoms with E-state index in [1.165, 1.54) is 0 Å². The summed E-state index contributed by atoms with van der Waals surface area (Å²) >= 11 is 7.60. The predicted molar refractivity (Wildman–Crippen MR) is 92.6 cm³/mol. The number of fused-ring (bicyclic) bond motifs is 1. The molecule has 8 nitrogen and oxygen atoms in total. The van der Waals surface area contributed by atoms with Crippen molar-refractivity contribution >= 4 is 39.9 Å². The number of aromatic nitrogens is 5. The van der Waals surface area contributed by atoms with Crippen LogP contribution in [0, 0.1) is 0 Å². The van der Waals surface area contributed by atoms with Crippen molar-refractivity contribution in [1.29, 1.82) is 0 Å². The van der Waals surface area contributed by atoms with Crippen molar-refractivity contribution < 1.29 is 9.84 Å². The quantitative estimate of drug-likeness (QED) is 0.589. The van der Waals surface area contributed by atoms with Gasteiger partial charge in [0.15, 0.2) is 17.0 Å². The minimum absolute atomic E-state index is 0.0581. The van der Waals surface area contributed by atoms with Gasteiger partial charge in [-0.1, -0.05) is 6.92 Å². The number of halogens is 1. The van der Waals surface area contributed by atoms with Gasteiger partial charge in [-0.2, -0.15) is 15.0 Å². The molecule has 3 aromatic heterocycles. The lowest BCUT2D eigenvalue weighted by Gasteiger charge is -2.07. The third-order valence-electron chi connectivity index (χ3n) is 3.18. The molecular formula is C14H17ClN6O2S. The third kappa shape index (κ3) is 3.58. The fourth-order valence-electron chi connectivity index (χ4n) is 2.18. The molecule has 3 aromatic rings. The maximum Gasteiger partial charge on any atom is 0.298 e. The molecule has 0 aromatic carbocycles. The van der Waals surface area contributed by atoms with Crippen LogP contribution in [-0.4, -0.2) is 42.8 Å². The van der Waals surface area contributed by atoms with Crippen LogP contribution in [0.15, 0.2) is 11.6 Å². The van der Waals surface area contributed by atoms with Gasteiger partial charge in [0.25, 0.3) is 6.01 Å². The van der Waals surface area contributed by atoms with E-state index in [4.69, 9.17) is 16.3 Å². The molecule has 0 fully saturated rings. The summed E-state index contributed by atoms with van der Waals surface area (Å²) in [5, 5.41) is 15.4. The average Bonchev–Trinajstić information content (AvgIpc) is 3.20. The van der Waals surface area contributed by atoms with Crippen LogP contribution in [0.4, 0.5) is 5.82 Å². The summed E-state index contributed by atoms with van der Waals surface area (Å²) < 4.78 is 7.36. The highest BCUT2D eigenvalue weighted by Crippen LogP contribution is 2.27. The molecule has 24 heavy (non-hydrogen) atoms. The van der Waals surface area contributed by atoms with E-state index in [9.17, 15) is 5.11 Å². The maximum atomic E-state index is 9.31. The predicted octanol–water partition coefficient (Wildman–Crippen LogP) is 2.33. The Morgan fingerprint density at radius 3 is 2.96 bits per heavy atom. The molecule has 10 heteroatoms. The first-order chi connectivity index (χ1) is 11.7. The molecule has 2 N–H and O–H groups in total. The van der Waals surface area contributed by atoms with Crippen LogP contribution >= 0.6 is 22.9 Å². The largest absolute Gasteiger partial charge is 0.465 e. The summed E-state index contributed by atoms with van der Waals surface area (Å²) in [6, 6.07) is 0.398. The summed E-state index contributed by atoms with van der Waals surface area (Å²) in [5.41, 5.74) is 1.08. The molecule has 3 heterocycles. The smallest absolute Gasteiger partial charge is 0.298 e. The number of nitrogens with one attached hydrogen (secondary N) is 1. The van der Waals surface area contributed by atoms with Crippen LogP contribution in [0.3, 0.4) is 0 Å². The van der Waals surface area contributed by atoms with Gasteiger partial charge in [-0.25, -0.2) is 4.98 Å². The second-order valence-corrected chi connectivity index (χ2v) is 6.23. The summed E-state index contributed by atoms with van der Waals surface area (Å²) in [6.07, 6.45) is 2.60. The van der Waals surface area contributed by atoms with Crippen LogP contribution in [0.25, 0.3) is 11.2 Å². The van der Waals surface area contributed by atoms with Crippen LogP contribution in [0.2, 0.25) is 5.28 Å². The van der Waals surface area contributed by atoms with Crippen LogP contribution in [0.1, 0.15) is 18.4 Å². The van der Waals surface area contributed by atoms with Gasteiger partial charge >= 0.3 is 0 Å². The Bertz CT molecular complexity index is 807. The number of aliphatic hydroxyl groups excluding tert-OH is 1. The first kappa shape index (κ1) is 16.9. The number of hydrogen-bond donors (Lipinski definition) is 2. The van der Waals surface area contributed by atoms with Crippen molar-refractivity contribution in [1.82, 2.24) is 24.5 Å². The molecule has 128 valence electrons. The number of anilines is 1. The van der Waals surface area contributed by atoms with Gasteiger partial charge in [-0.3, -0.25) is 4.57 Å². The lowest BCUT2D eigenvalue weighted by Crippen LogP contribution is -2.08. The number of aliphatic hydroxyl groups is 1. The second-order valence-electron chi connectivity index (χ2n) is 4.91. The Labute approximate surface area is 147 Å². The van der Waals surface area contributed by atoms with E-state index in [0.717, 1.165) is 11.4 Å². The molecule has 3 rings (SSSR count). The number of hydrogen-bond acceptors (Lipinski definition) is 8. The van der Waals surface area contributed by atoms with Gasteiger partial charge in [0, 0.05) is 11.6 Å². The van der Waals surface area contributed by atoms with Crippen molar-refractivity contribution in [3.05, 3.63) is 21.9 Å². The minimum Gasteiger partial charge on any atom is -0.465 e. The fourth-order valence-corrected chi connectivity index (χ4v) is 2.90. The molecule has 0 amide bonds. The zero-order chi connectivity index (χ0) is 16.9. The monoisotopic (exact) mass is 368 g/mol. The van der Waals surface area contributed by atoms with Gasteiger partial charge in [-0.15, -0.1) is 11.3 Å². The van der Waals surface area contributed by atoms with Gasteiger partial charge in [-0.05, 0) is 18.0 Å². The molecule has 0 aliphatic heterocycles. The molecule has 0 aliphatic rings. The number of thiazole rings is 1. The van der Waals surface area contributed by atoms with Gasteiger partial charge in [0.1, 0.15) is 5.01 Å². The minimum atomic E-state index is -0.0581. The van der Waals surface area contributed by atoms with Crippen LogP contribution in [0.5, 0.6) is 6.01 Å². The normalized spacial score (nSPS) is 11.1. The Balaban J connectivity index is 1.98. The van der Waals surface area contributed by atoms with Crippen molar-refractivity contribution in [2.75, 3.05) is 18.5 Å². The molecule has 0 saturated carbocycles. The van der Waals surface area contributed by atoms with E-state index in [1.807, 2.05) is 12.3 Å². The molecule has 0 atom stereocenters. The van der Waals surface area contributed by atoms with Crippen molar-refractivity contribution in [3.8, 4) is 6.01 Å². The number of ether oxygens (including phenoxy) is 1. The summed E-state index contributed by atoms with van der Waals surface area (Å²) in [5.74, 6) is 0.512. The molecule has 0 unspecified atom stereocenters. The van der Waals surface area contributed by atoms with E-state index >= 15 is 0 Å². The molecule has 0 spiro atoms. The Morgan fingerprint density at radius 1 is 1.38 bits per heavy atom. The highest BCUT2D eigenvalue weighted by Gasteiger charge is 2.18. The van der Waals surface area contributed by atoms with E-state index in [2.05, 4.69) is 25.3 Å². The summed E-state index contributed by atoms with van der Waals surface area (Å²) in [4.78, 5) is 17.2. The number of nitrogens with zero attached hydrogens (tertiary/aromatic N) is 5. The van der Waals surface area contributed by atoms with E-state index in [1.54, 1.807) is 22.1 Å². The van der Waals surface area contributed by atoms with Gasteiger partial charge in [0.2, 0.25) is 5.28 Å². The first-order valence-electron chi connectivity index (χ1n) is 7.52. The lowest BCUT2D eigenvalue weighted by molar-refractivity contribution is 0.246. The zero-order valence-electron chi connectivity index (χ0n) is 13.1. The summed E-state index contributed by atoms with van der Waals surface area (Å²) in [7, 11) is 0. The highest BCUT2D eigenvalue weighted by molar-refractivity contribution is 7.09. The van der Waals surface area contributed by atoms with Crippen LogP contribution < -0.4 is 10.1 Å². The molecular weight excluding hydrogens is 352 g/mol. The average molecular weight is 369 g/mol. The van der Waals surface area contributed by atoms with Gasteiger partial charge < -0.3 is 15.2 Å². The van der Waals surface area contributed by atoms with E-state index in [0.29, 0.717) is 42.7 Å². The van der Waals surface area contributed by atoms with E-state index in [-0.39, 0.29) is 11.9 Å². The Morgan fingerprint density at radius 2 is 2.25 bits per heavy atom. The topological polar surface area (TPSA) is 98.0 Å². The van der Waals surface area contributed by atoms with Crippen molar-refractivity contribution in [3.63, 3.8) is 0 Å². The fraction of sp³-hybridized carbons (Fsp3) is 0.429.